The predicted octanol–water partition coefficient (Wildman–Crippen LogP) is 3.87. The molecule has 0 bridgehead atoms. The summed E-state index contributed by atoms with van der Waals surface area (Å²) in [4.78, 5) is 21.6. The topological polar surface area (TPSA) is 85.8 Å². The van der Waals surface area contributed by atoms with Crippen molar-refractivity contribution >= 4 is 22.9 Å². The van der Waals surface area contributed by atoms with Crippen LogP contribution in [-0.2, 0) is 19.4 Å². The van der Waals surface area contributed by atoms with Crippen LogP contribution in [0, 0.1) is 0 Å². The molecule has 142 valence electrons. The third kappa shape index (κ3) is 3.78. The van der Waals surface area contributed by atoms with Crippen LogP contribution in [0.25, 0.3) is 11.0 Å². The molecule has 3 heterocycles. The third-order valence-corrected chi connectivity index (χ3v) is 4.49. The largest absolute Gasteiger partial charge is 0.361 e. The summed E-state index contributed by atoms with van der Waals surface area (Å²) in [5, 5.41) is 6.75. The van der Waals surface area contributed by atoms with Crippen LogP contribution in [0.2, 0.25) is 0 Å². The van der Waals surface area contributed by atoms with Gasteiger partial charge < -0.3 is 9.09 Å². The second-order valence-corrected chi connectivity index (χ2v) is 6.53. The molecular formula is C21H21N5O2. The number of aryl methyl sites for hydroxylation is 3. The van der Waals surface area contributed by atoms with E-state index >= 15 is 0 Å². The van der Waals surface area contributed by atoms with E-state index in [1.54, 1.807) is 12.3 Å². The Labute approximate surface area is 162 Å². The summed E-state index contributed by atoms with van der Waals surface area (Å²) in [6.45, 7) is 2.69. The Balaban J connectivity index is 1.59. The number of fused-ring (bicyclic) bond motifs is 1. The predicted molar refractivity (Wildman–Crippen MR) is 106 cm³/mol. The summed E-state index contributed by atoms with van der Waals surface area (Å²) >= 11 is 0. The first-order valence-corrected chi connectivity index (χ1v) is 9.36. The molecule has 0 aliphatic rings. The lowest BCUT2D eigenvalue weighted by Crippen LogP contribution is -2.17. The van der Waals surface area contributed by atoms with Gasteiger partial charge in [0.05, 0.1) is 11.0 Å². The number of para-hydroxylation sites is 2. The first-order valence-electron chi connectivity index (χ1n) is 9.36. The van der Waals surface area contributed by atoms with Crippen molar-refractivity contribution in [3.63, 3.8) is 0 Å². The Bertz CT molecular complexity index is 1080. The minimum atomic E-state index is -0.333. The number of amides is 1. The smallest absolute Gasteiger partial charge is 0.280 e. The zero-order valence-corrected chi connectivity index (χ0v) is 15.6. The fourth-order valence-electron chi connectivity index (χ4n) is 3.12. The van der Waals surface area contributed by atoms with Crippen molar-refractivity contribution in [3.8, 4) is 0 Å². The van der Waals surface area contributed by atoms with Crippen molar-refractivity contribution in [1.29, 1.82) is 0 Å². The molecule has 0 saturated heterocycles. The summed E-state index contributed by atoms with van der Waals surface area (Å²) in [6, 6.07) is 15.3. The minimum absolute atomic E-state index is 0.256. The molecule has 4 rings (SSSR count). The molecule has 4 aromatic rings. The molecule has 0 atom stereocenters. The number of nitrogens with zero attached hydrogens (tertiary/aromatic N) is 4. The number of aromatic nitrogens is 4. The van der Waals surface area contributed by atoms with E-state index < -0.39 is 0 Å². The third-order valence-electron chi connectivity index (χ3n) is 4.49. The summed E-state index contributed by atoms with van der Waals surface area (Å²) in [6.07, 6.45) is 4.19. The van der Waals surface area contributed by atoms with E-state index in [0.29, 0.717) is 18.3 Å². The van der Waals surface area contributed by atoms with Crippen molar-refractivity contribution < 1.29 is 9.32 Å². The Morgan fingerprint density at radius 3 is 2.82 bits per heavy atom. The van der Waals surface area contributed by atoms with E-state index in [4.69, 9.17) is 4.52 Å². The van der Waals surface area contributed by atoms with Gasteiger partial charge in [0.25, 0.3) is 5.91 Å². The van der Waals surface area contributed by atoms with Crippen LogP contribution >= 0.6 is 0 Å². The SMILES string of the molecule is CCCc1cc(C(=O)Nc2nc3ccccc3n2CCc2ccccn2)no1. The van der Waals surface area contributed by atoms with Gasteiger partial charge in [0.15, 0.2) is 5.69 Å². The number of benzene rings is 1. The van der Waals surface area contributed by atoms with Crippen LogP contribution in [0.15, 0.2) is 59.3 Å². The molecule has 0 aliphatic carbocycles. The van der Waals surface area contributed by atoms with Crippen molar-refractivity contribution in [2.75, 3.05) is 5.32 Å². The van der Waals surface area contributed by atoms with Crippen molar-refractivity contribution in [3.05, 3.63) is 71.9 Å². The summed E-state index contributed by atoms with van der Waals surface area (Å²) in [5.41, 5.74) is 3.02. The quantitative estimate of drug-likeness (QED) is 0.530. The van der Waals surface area contributed by atoms with Gasteiger partial charge in [0.2, 0.25) is 5.95 Å². The second kappa shape index (κ2) is 8.04. The summed E-state index contributed by atoms with van der Waals surface area (Å²) in [5.74, 6) is 0.860. The Hall–Kier alpha value is -3.48. The van der Waals surface area contributed by atoms with Gasteiger partial charge in [-0.2, -0.15) is 0 Å². The molecule has 0 fully saturated rings. The maximum atomic E-state index is 12.6. The van der Waals surface area contributed by atoms with Crippen molar-refractivity contribution in [2.24, 2.45) is 0 Å². The van der Waals surface area contributed by atoms with Crippen LogP contribution in [0.4, 0.5) is 5.95 Å². The first-order chi connectivity index (χ1) is 13.7. The molecule has 1 N–H and O–H groups in total. The molecular weight excluding hydrogens is 354 g/mol. The molecule has 0 unspecified atom stereocenters. The molecule has 28 heavy (non-hydrogen) atoms. The highest BCUT2D eigenvalue weighted by molar-refractivity contribution is 6.02. The van der Waals surface area contributed by atoms with Gasteiger partial charge in [-0.15, -0.1) is 0 Å². The zero-order valence-electron chi connectivity index (χ0n) is 15.6. The standard InChI is InChI=1S/C21H21N5O2/c1-2-7-16-14-18(25-28-16)20(27)24-21-23-17-9-3-4-10-19(17)26(21)13-11-15-8-5-6-12-22-15/h3-6,8-10,12,14H,2,7,11,13H2,1H3,(H,23,24,27). The van der Waals surface area contributed by atoms with Crippen LogP contribution in [0.3, 0.4) is 0 Å². The van der Waals surface area contributed by atoms with Gasteiger partial charge in [-0.1, -0.05) is 30.3 Å². The molecule has 0 aliphatic heterocycles. The lowest BCUT2D eigenvalue weighted by atomic mass is 10.2. The van der Waals surface area contributed by atoms with E-state index in [1.165, 1.54) is 0 Å². The van der Waals surface area contributed by atoms with Gasteiger partial charge in [0, 0.05) is 37.3 Å². The Morgan fingerprint density at radius 1 is 1.14 bits per heavy atom. The van der Waals surface area contributed by atoms with Crippen molar-refractivity contribution in [1.82, 2.24) is 19.7 Å². The monoisotopic (exact) mass is 375 g/mol. The van der Waals surface area contributed by atoms with Crippen LogP contribution in [0.5, 0.6) is 0 Å². The second-order valence-electron chi connectivity index (χ2n) is 6.53. The van der Waals surface area contributed by atoms with Gasteiger partial charge in [-0.3, -0.25) is 15.1 Å². The maximum absolute atomic E-state index is 12.6. The summed E-state index contributed by atoms with van der Waals surface area (Å²) < 4.78 is 7.21. The van der Waals surface area contributed by atoms with E-state index in [9.17, 15) is 4.79 Å². The fourth-order valence-corrected chi connectivity index (χ4v) is 3.12. The summed E-state index contributed by atoms with van der Waals surface area (Å²) in [7, 11) is 0. The van der Waals surface area contributed by atoms with Gasteiger partial charge >= 0.3 is 0 Å². The zero-order chi connectivity index (χ0) is 19.3. The highest BCUT2D eigenvalue weighted by atomic mass is 16.5. The molecule has 7 nitrogen and oxygen atoms in total. The number of rotatable bonds is 7. The Kier molecular flexibility index (Phi) is 5.14. The molecule has 0 spiro atoms. The maximum Gasteiger partial charge on any atom is 0.280 e. The molecule has 3 aromatic heterocycles. The van der Waals surface area contributed by atoms with Gasteiger partial charge in [-0.05, 0) is 30.7 Å². The highest BCUT2D eigenvalue weighted by Gasteiger charge is 2.17. The first kappa shape index (κ1) is 17.9. The molecule has 0 saturated carbocycles. The van der Waals surface area contributed by atoms with Crippen LogP contribution in [0.1, 0.15) is 35.3 Å². The number of hydrogen-bond donors (Lipinski definition) is 1. The average molecular weight is 375 g/mol. The van der Waals surface area contributed by atoms with Crippen LogP contribution < -0.4 is 5.32 Å². The molecule has 1 aromatic carbocycles. The van der Waals surface area contributed by atoms with Crippen molar-refractivity contribution in [2.45, 2.75) is 32.7 Å². The number of pyridine rings is 1. The Morgan fingerprint density at radius 2 is 2.00 bits per heavy atom. The van der Waals surface area contributed by atoms with Crippen LogP contribution in [-0.4, -0.2) is 25.6 Å². The number of imidazole rings is 1. The van der Waals surface area contributed by atoms with E-state index in [2.05, 4.69) is 20.4 Å². The molecule has 7 heteroatoms. The number of carbonyl (C=O) groups excluding carboxylic acids is 1. The minimum Gasteiger partial charge on any atom is -0.361 e. The van der Waals surface area contributed by atoms with E-state index in [0.717, 1.165) is 36.0 Å². The number of hydrogen-bond acceptors (Lipinski definition) is 5. The van der Waals surface area contributed by atoms with Gasteiger partial charge in [-0.25, -0.2) is 4.98 Å². The molecule has 1 amide bonds. The highest BCUT2D eigenvalue weighted by Crippen LogP contribution is 2.21. The number of nitrogens with one attached hydrogen (secondary N) is 1. The average Bonchev–Trinajstić information content (AvgIpc) is 3.32. The van der Waals surface area contributed by atoms with E-state index in [1.807, 2.05) is 54.0 Å². The normalized spacial score (nSPS) is 11.0. The molecule has 0 radical (unpaired) electrons. The number of anilines is 1. The lowest BCUT2D eigenvalue weighted by Gasteiger charge is -2.09. The lowest BCUT2D eigenvalue weighted by molar-refractivity contribution is 0.101. The number of carbonyl (C=O) groups is 1. The fraction of sp³-hybridized carbons (Fsp3) is 0.238. The van der Waals surface area contributed by atoms with Gasteiger partial charge in [0.1, 0.15) is 5.76 Å². The van der Waals surface area contributed by atoms with E-state index in [-0.39, 0.29) is 11.6 Å².